The molecule has 26 heavy (non-hydrogen) atoms. The molecule has 0 saturated carbocycles. The molecule has 1 amide bonds. The number of thiazole rings is 1. The normalized spacial score (nSPS) is 12.0. The second-order valence-electron chi connectivity index (χ2n) is 5.24. The third-order valence-corrected chi connectivity index (χ3v) is 4.14. The zero-order valence-corrected chi connectivity index (χ0v) is 15.3. The third-order valence-electron chi connectivity index (χ3n) is 3.07. The molecule has 8 nitrogen and oxygen atoms in total. The van der Waals surface area contributed by atoms with Crippen molar-refractivity contribution in [3.8, 4) is 5.88 Å². The summed E-state index contributed by atoms with van der Waals surface area (Å²) < 4.78 is 24.7. The minimum atomic E-state index is -0.702. The van der Waals surface area contributed by atoms with Gasteiger partial charge in [0.25, 0.3) is 5.88 Å². The first-order valence-corrected chi connectivity index (χ1v) is 8.62. The number of pyridine rings is 1. The molecule has 1 N–H and O–H groups in total. The monoisotopic (exact) mass is 397 g/mol. The van der Waals surface area contributed by atoms with Gasteiger partial charge in [-0.05, 0) is 13.8 Å². The third kappa shape index (κ3) is 4.52. The summed E-state index contributed by atoms with van der Waals surface area (Å²) in [6, 6.07) is 1.19. The molecular formula is C15H13ClFN5O3S. The second kappa shape index (κ2) is 7.75. The molecule has 0 aromatic carbocycles. The summed E-state index contributed by atoms with van der Waals surface area (Å²) in [5, 5.41) is 2.48. The predicted octanol–water partition coefficient (Wildman–Crippen LogP) is 3.60. The van der Waals surface area contributed by atoms with Gasteiger partial charge >= 0.3 is 6.09 Å². The largest absolute Gasteiger partial charge is 0.472 e. The molecule has 3 aromatic rings. The fourth-order valence-electron chi connectivity index (χ4n) is 1.92. The van der Waals surface area contributed by atoms with Crippen molar-refractivity contribution in [2.75, 3.05) is 11.9 Å². The van der Waals surface area contributed by atoms with Crippen LogP contribution < -0.4 is 10.1 Å². The van der Waals surface area contributed by atoms with Crippen molar-refractivity contribution >= 4 is 45.1 Å². The van der Waals surface area contributed by atoms with Gasteiger partial charge in [-0.15, -0.1) is 0 Å². The fourth-order valence-corrected chi connectivity index (χ4v) is 2.87. The molecule has 136 valence electrons. The van der Waals surface area contributed by atoms with E-state index in [1.54, 1.807) is 13.8 Å². The number of anilines is 1. The summed E-state index contributed by atoms with van der Waals surface area (Å²) in [7, 11) is 0. The van der Waals surface area contributed by atoms with Gasteiger partial charge in [0.2, 0.25) is 0 Å². The Balaban J connectivity index is 1.55. The van der Waals surface area contributed by atoms with Gasteiger partial charge in [-0.1, -0.05) is 22.9 Å². The molecular weight excluding hydrogens is 385 g/mol. The Morgan fingerprint density at radius 3 is 2.85 bits per heavy atom. The summed E-state index contributed by atoms with van der Waals surface area (Å²) in [4.78, 5) is 28.1. The van der Waals surface area contributed by atoms with E-state index in [4.69, 9.17) is 21.1 Å². The maximum absolute atomic E-state index is 14.0. The topological polar surface area (TPSA) is 99.1 Å². The zero-order valence-electron chi connectivity index (χ0n) is 13.7. The number of fused-ring (bicyclic) bond motifs is 1. The number of carbonyl (C=O) groups excluding carboxylic acids is 1. The highest BCUT2D eigenvalue weighted by molar-refractivity contribution is 7.21. The number of nitrogens with one attached hydrogen (secondary N) is 1. The molecule has 3 aromatic heterocycles. The van der Waals surface area contributed by atoms with Crippen molar-refractivity contribution < 1.29 is 18.7 Å². The van der Waals surface area contributed by atoms with E-state index in [0.29, 0.717) is 21.9 Å². The summed E-state index contributed by atoms with van der Waals surface area (Å²) >= 11 is 6.89. The van der Waals surface area contributed by atoms with Crippen molar-refractivity contribution in [1.82, 2.24) is 19.9 Å². The molecule has 0 spiro atoms. The number of hydrogen-bond acceptors (Lipinski definition) is 8. The number of hydrogen-bond donors (Lipinski definition) is 1. The SMILES string of the molecule is Cc1ncc(NC(=O)O[C@H](C)COc2nc3sc(Cl)nc3cc2F)cn1. The van der Waals surface area contributed by atoms with Crippen molar-refractivity contribution in [2.45, 2.75) is 20.0 Å². The maximum atomic E-state index is 14.0. The van der Waals surface area contributed by atoms with Gasteiger partial charge in [-0.3, -0.25) is 5.32 Å². The number of carbonyl (C=O) groups is 1. The van der Waals surface area contributed by atoms with E-state index >= 15 is 0 Å². The van der Waals surface area contributed by atoms with Gasteiger partial charge in [0, 0.05) is 6.07 Å². The van der Waals surface area contributed by atoms with Crippen LogP contribution in [0.25, 0.3) is 10.3 Å². The summed E-state index contributed by atoms with van der Waals surface area (Å²) in [5.74, 6) is -0.298. The predicted molar refractivity (Wildman–Crippen MR) is 94.2 cm³/mol. The van der Waals surface area contributed by atoms with Gasteiger partial charge in [0.05, 0.1) is 18.1 Å². The Kier molecular flexibility index (Phi) is 5.43. The molecule has 0 aliphatic rings. The quantitative estimate of drug-likeness (QED) is 0.702. The molecule has 0 radical (unpaired) electrons. The van der Waals surface area contributed by atoms with Crippen LogP contribution in [0.3, 0.4) is 0 Å². The Morgan fingerprint density at radius 2 is 2.12 bits per heavy atom. The average molecular weight is 398 g/mol. The lowest BCUT2D eigenvalue weighted by Gasteiger charge is -2.14. The van der Waals surface area contributed by atoms with Gasteiger partial charge in [-0.25, -0.2) is 24.1 Å². The van der Waals surface area contributed by atoms with Crippen LogP contribution in [0.15, 0.2) is 18.5 Å². The Morgan fingerprint density at radius 1 is 1.38 bits per heavy atom. The van der Waals surface area contributed by atoms with E-state index in [2.05, 4.69) is 25.3 Å². The van der Waals surface area contributed by atoms with Crippen molar-refractivity contribution in [1.29, 1.82) is 0 Å². The van der Waals surface area contributed by atoms with Crippen molar-refractivity contribution in [3.05, 3.63) is 34.6 Å². The first-order chi connectivity index (χ1) is 12.4. The number of ether oxygens (including phenoxy) is 2. The first kappa shape index (κ1) is 18.2. The highest BCUT2D eigenvalue weighted by Gasteiger charge is 2.15. The highest BCUT2D eigenvalue weighted by atomic mass is 35.5. The van der Waals surface area contributed by atoms with E-state index in [1.807, 2.05) is 0 Å². The van der Waals surface area contributed by atoms with Crippen LogP contribution in [-0.2, 0) is 4.74 Å². The Labute approximate surface area is 156 Å². The van der Waals surface area contributed by atoms with Crippen LogP contribution in [0, 0.1) is 12.7 Å². The molecule has 0 unspecified atom stereocenters. The van der Waals surface area contributed by atoms with Crippen molar-refractivity contribution in [2.24, 2.45) is 0 Å². The lowest BCUT2D eigenvalue weighted by Crippen LogP contribution is -2.25. The van der Waals surface area contributed by atoms with E-state index in [1.165, 1.54) is 18.5 Å². The molecule has 1 atom stereocenters. The van der Waals surface area contributed by atoms with Crippen LogP contribution >= 0.6 is 22.9 Å². The average Bonchev–Trinajstić information content (AvgIpc) is 2.93. The number of halogens is 2. The van der Waals surface area contributed by atoms with E-state index < -0.39 is 18.0 Å². The lowest BCUT2D eigenvalue weighted by atomic mass is 10.4. The molecule has 3 heterocycles. The van der Waals surface area contributed by atoms with Gasteiger partial charge < -0.3 is 9.47 Å². The van der Waals surface area contributed by atoms with Gasteiger partial charge in [-0.2, -0.15) is 4.98 Å². The van der Waals surface area contributed by atoms with Crippen molar-refractivity contribution in [3.63, 3.8) is 0 Å². The molecule has 11 heteroatoms. The minimum Gasteiger partial charge on any atom is -0.472 e. The Hall–Kier alpha value is -2.59. The summed E-state index contributed by atoms with van der Waals surface area (Å²) in [5.41, 5.74) is 0.753. The van der Waals surface area contributed by atoms with Gasteiger partial charge in [0.1, 0.15) is 28.9 Å². The molecule has 0 fully saturated rings. The van der Waals surface area contributed by atoms with E-state index in [0.717, 1.165) is 11.3 Å². The standard InChI is InChI=1S/C15H13ClFN5O3S/c1-7(25-15(23)20-9-4-18-8(2)19-5-9)6-24-12-10(17)3-11-13(22-12)26-14(16)21-11/h3-5,7H,6H2,1-2H3,(H,20,23)/t7-/m1/s1. The smallest absolute Gasteiger partial charge is 0.412 e. The highest BCUT2D eigenvalue weighted by Crippen LogP contribution is 2.28. The minimum absolute atomic E-state index is 0.0836. The second-order valence-corrected chi connectivity index (χ2v) is 6.80. The number of rotatable bonds is 5. The van der Waals surface area contributed by atoms with Gasteiger partial charge in [0.15, 0.2) is 10.3 Å². The van der Waals surface area contributed by atoms with Crippen LogP contribution in [0.2, 0.25) is 4.47 Å². The van der Waals surface area contributed by atoms with E-state index in [9.17, 15) is 9.18 Å². The summed E-state index contributed by atoms with van der Waals surface area (Å²) in [6.07, 6.45) is 1.56. The molecule has 0 bridgehead atoms. The first-order valence-electron chi connectivity index (χ1n) is 7.42. The maximum Gasteiger partial charge on any atom is 0.412 e. The lowest BCUT2D eigenvalue weighted by molar-refractivity contribution is 0.0827. The fraction of sp³-hybridized carbons (Fsp3) is 0.267. The number of amides is 1. The number of aromatic nitrogens is 4. The number of aryl methyl sites for hydroxylation is 1. The summed E-state index contributed by atoms with van der Waals surface area (Å²) in [6.45, 7) is 3.25. The van der Waals surface area contributed by atoms with E-state index in [-0.39, 0.29) is 17.0 Å². The van der Waals surface area contributed by atoms with Crippen LogP contribution in [0.1, 0.15) is 12.7 Å². The molecule has 0 aliphatic carbocycles. The zero-order chi connectivity index (χ0) is 18.7. The number of nitrogens with zero attached hydrogens (tertiary/aromatic N) is 4. The van der Waals surface area contributed by atoms with Crippen LogP contribution in [-0.4, -0.2) is 38.7 Å². The molecule has 0 saturated heterocycles. The Bertz CT molecular complexity index is 937. The molecule has 3 rings (SSSR count). The van der Waals surface area contributed by atoms with Crippen LogP contribution in [0.4, 0.5) is 14.9 Å². The molecule has 0 aliphatic heterocycles. The van der Waals surface area contributed by atoms with Crippen LogP contribution in [0.5, 0.6) is 5.88 Å².